The van der Waals surface area contributed by atoms with Crippen LogP contribution in [0.1, 0.15) is 26.3 Å². The molecule has 0 spiro atoms. The molecule has 0 saturated carbocycles. The third-order valence-electron chi connectivity index (χ3n) is 4.32. The summed E-state index contributed by atoms with van der Waals surface area (Å²) < 4.78 is 5.26. The van der Waals surface area contributed by atoms with E-state index < -0.39 is 5.97 Å². The molecule has 0 unspecified atom stereocenters. The lowest BCUT2D eigenvalue weighted by atomic mass is 9.99. The van der Waals surface area contributed by atoms with Gasteiger partial charge in [0, 0.05) is 6.07 Å². The molecule has 122 valence electrons. The molecule has 3 aromatic rings. The minimum absolute atomic E-state index is 0.0581. The molecule has 0 aromatic heterocycles. The number of ether oxygens (including phenoxy) is 1. The molecule has 0 fully saturated rings. The van der Waals surface area contributed by atoms with Gasteiger partial charge in [-0.05, 0) is 35.0 Å². The van der Waals surface area contributed by atoms with E-state index in [1.165, 1.54) is 25.3 Å². The van der Waals surface area contributed by atoms with Gasteiger partial charge in [-0.3, -0.25) is 4.79 Å². The first-order valence-electron chi connectivity index (χ1n) is 7.70. The highest BCUT2D eigenvalue weighted by molar-refractivity contribution is 6.52. The van der Waals surface area contributed by atoms with Gasteiger partial charge in [-0.15, -0.1) is 0 Å². The lowest BCUT2D eigenvalue weighted by Crippen LogP contribution is -2.16. The number of ketones is 1. The van der Waals surface area contributed by atoms with E-state index in [1.54, 1.807) is 6.07 Å². The van der Waals surface area contributed by atoms with Crippen LogP contribution in [0.25, 0.3) is 10.8 Å². The van der Waals surface area contributed by atoms with E-state index >= 15 is 0 Å². The van der Waals surface area contributed by atoms with Gasteiger partial charge in [0.2, 0.25) is 5.69 Å². The van der Waals surface area contributed by atoms with Crippen molar-refractivity contribution < 1.29 is 19.1 Å². The fraction of sp³-hybridized carbons (Fsp3) is 0.0500. The number of benzene rings is 3. The van der Waals surface area contributed by atoms with Crippen LogP contribution in [-0.4, -0.2) is 29.3 Å². The third kappa shape index (κ3) is 2.29. The topological polar surface area (TPSA) is 69.4 Å². The van der Waals surface area contributed by atoms with Crippen molar-refractivity contribution in [3.05, 3.63) is 82.6 Å². The Bertz CT molecular complexity index is 1080. The molecule has 0 bridgehead atoms. The summed E-state index contributed by atoms with van der Waals surface area (Å²) in [6.07, 6.45) is 0. The van der Waals surface area contributed by atoms with Crippen molar-refractivity contribution in [1.29, 1.82) is 0 Å². The normalized spacial score (nSPS) is 13.2. The summed E-state index contributed by atoms with van der Waals surface area (Å²) >= 11 is 0. The number of carbonyl (C=O) groups excluding carboxylic acids is 2. The summed E-state index contributed by atoms with van der Waals surface area (Å²) in [5.41, 5.74) is 1.29. The molecule has 1 aliphatic rings. The Hall–Kier alpha value is -3.47. The SMILES string of the molecule is COC(=O)c1ccc2c(c1)[N+]([O-])=C(c1ccc3ccccc3c1)C2=O. The Kier molecular flexibility index (Phi) is 3.35. The summed E-state index contributed by atoms with van der Waals surface area (Å²) in [5, 5.41) is 14.7. The molecule has 0 atom stereocenters. The number of esters is 1. The van der Waals surface area contributed by atoms with Crippen LogP contribution in [0.15, 0.2) is 60.7 Å². The molecular weight excluding hydrogens is 318 g/mol. The van der Waals surface area contributed by atoms with E-state index in [0.29, 0.717) is 10.3 Å². The first kappa shape index (κ1) is 15.1. The summed E-state index contributed by atoms with van der Waals surface area (Å²) in [4.78, 5) is 24.4. The minimum atomic E-state index is -0.553. The number of nitrogens with zero attached hydrogens (tertiary/aromatic N) is 1. The summed E-state index contributed by atoms with van der Waals surface area (Å²) in [7, 11) is 1.27. The van der Waals surface area contributed by atoms with Crippen LogP contribution in [0, 0.1) is 5.21 Å². The quantitative estimate of drug-likeness (QED) is 0.410. The number of Topliss-reactive ketones (excluding diaryl/α,β-unsaturated/α-hetero) is 1. The van der Waals surface area contributed by atoms with Crippen molar-refractivity contribution in [2.45, 2.75) is 0 Å². The molecule has 4 rings (SSSR count). The fourth-order valence-electron chi connectivity index (χ4n) is 3.06. The molecular formula is C20H13NO4. The monoisotopic (exact) mass is 331 g/mol. The van der Waals surface area contributed by atoms with Gasteiger partial charge in [-0.25, -0.2) is 4.79 Å². The average molecular weight is 331 g/mol. The van der Waals surface area contributed by atoms with Crippen molar-refractivity contribution in [3.8, 4) is 0 Å². The molecule has 0 saturated heterocycles. The second-order valence-electron chi connectivity index (χ2n) is 5.76. The first-order chi connectivity index (χ1) is 12.1. The number of hydrogen-bond donors (Lipinski definition) is 0. The van der Waals surface area contributed by atoms with Gasteiger partial charge in [0.1, 0.15) is 5.56 Å². The minimum Gasteiger partial charge on any atom is -0.618 e. The number of hydrogen-bond acceptors (Lipinski definition) is 4. The Morgan fingerprint density at radius 1 is 1.00 bits per heavy atom. The molecule has 0 aliphatic carbocycles. The largest absolute Gasteiger partial charge is 0.618 e. The molecule has 0 radical (unpaired) electrons. The van der Waals surface area contributed by atoms with Gasteiger partial charge in [0.05, 0.1) is 18.2 Å². The zero-order valence-corrected chi connectivity index (χ0v) is 13.4. The second-order valence-corrected chi connectivity index (χ2v) is 5.76. The predicted octanol–water partition coefficient (Wildman–Crippen LogP) is 3.45. The molecule has 5 nitrogen and oxygen atoms in total. The Morgan fingerprint density at radius 2 is 1.76 bits per heavy atom. The highest BCUT2D eigenvalue weighted by atomic mass is 16.5. The summed E-state index contributed by atoms with van der Waals surface area (Å²) in [6.45, 7) is 0. The predicted molar refractivity (Wildman–Crippen MR) is 93.5 cm³/mol. The van der Waals surface area contributed by atoms with Crippen LogP contribution in [0.2, 0.25) is 0 Å². The number of carbonyl (C=O) groups is 2. The molecule has 25 heavy (non-hydrogen) atoms. The lowest BCUT2D eigenvalue weighted by Gasteiger charge is -2.04. The molecule has 0 amide bonds. The molecule has 5 heteroatoms. The number of methoxy groups -OCH3 is 1. The third-order valence-corrected chi connectivity index (χ3v) is 4.32. The maximum atomic E-state index is 12.7. The van der Waals surface area contributed by atoms with Crippen LogP contribution in [0.3, 0.4) is 0 Å². The Labute approximate surface area is 143 Å². The Balaban J connectivity index is 1.87. The van der Waals surface area contributed by atoms with E-state index in [1.807, 2.05) is 36.4 Å². The van der Waals surface area contributed by atoms with E-state index in [0.717, 1.165) is 10.8 Å². The number of fused-ring (bicyclic) bond motifs is 2. The zero-order valence-electron chi connectivity index (χ0n) is 13.4. The Morgan fingerprint density at radius 3 is 2.52 bits per heavy atom. The standard InChI is InChI=1S/C20H13NO4/c1-25-20(23)15-8-9-16-17(11-15)21(24)18(19(16)22)14-7-6-12-4-2-3-5-13(12)10-14/h2-11H,1H3. The van der Waals surface area contributed by atoms with Crippen LogP contribution in [0.5, 0.6) is 0 Å². The van der Waals surface area contributed by atoms with Crippen molar-refractivity contribution >= 4 is 33.9 Å². The number of rotatable bonds is 2. The maximum Gasteiger partial charge on any atom is 0.338 e. The molecule has 0 N–H and O–H groups in total. The molecule has 3 aromatic carbocycles. The van der Waals surface area contributed by atoms with Gasteiger partial charge >= 0.3 is 5.97 Å². The van der Waals surface area contributed by atoms with Gasteiger partial charge < -0.3 is 9.94 Å². The van der Waals surface area contributed by atoms with Gasteiger partial charge in [0.15, 0.2) is 0 Å². The highest BCUT2D eigenvalue weighted by Crippen LogP contribution is 2.30. The van der Waals surface area contributed by atoms with E-state index in [4.69, 9.17) is 0 Å². The van der Waals surface area contributed by atoms with Gasteiger partial charge in [0.25, 0.3) is 11.5 Å². The van der Waals surface area contributed by atoms with Gasteiger partial charge in [-0.2, -0.15) is 4.74 Å². The molecule has 1 aliphatic heterocycles. The van der Waals surface area contributed by atoms with Crippen LogP contribution in [0.4, 0.5) is 5.69 Å². The van der Waals surface area contributed by atoms with Gasteiger partial charge in [-0.1, -0.05) is 30.3 Å². The van der Waals surface area contributed by atoms with Crippen molar-refractivity contribution in [2.24, 2.45) is 0 Å². The van der Waals surface area contributed by atoms with Crippen molar-refractivity contribution in [3.63, 3.8) is 0 Å². The van der Waals surface area contributed by atoms with E-state index in [2.05, 4.69) is 4.74 Å². The second kappa shape index (κ2) is 5.56. The summed E-state index contributed by atoms with van der Waals surface area (Å²) in [5.74, 6) is -0.903. The average Bonchev–Trinajstić information content (AvgIpc) is 2.91. The van der Waals surface area contributed by atoms with Crippen molar-refractivity contribution in [2.75, 3.05) is 7.11 Å². The zero-order chi connectivity index (χ0) is 17.6. The van der Waals surface area contributed by atoms with Crippen molar-refractivity contribution in [1.82, 2.24) is 0 Å². The van der Waals surface area contributed by atoms with E-state index in [9.17, 15) is 14.8 Å². The van der Waals surface area contributed by atoms with E-state index in [-0.39, 0.29) is 28.3 Å². The highest BCUT2D eigenvalue weighted by Gasteiger charge is 2.37. The fourth-order valence-corrected chi connectivity index (χ4v) is 3.06. The first-order valence-corrected chi connectivity index (χ1v) is 7.70. The van der Waals surface area contributed by atoms with Crippen LogP contribution < -0.4 is 0 Å². The van der Waals surface area contributed by atoms with Crippen LogP contribution >= 0.6 is 0 Å². The maximum absolute atomic E-state index is 12.7. The van der Waals surface area contributed by atoms with Crippen LogP contribution in [-0.2, 0) is 4.74 Å². The smallest absolute Gasteiger partial charge is 0.338 e. The lowest BCUT2D eigenvalue weighted by molar-refractivity contribution is -0.355. The summed E-state index contributed by atoms with van der Waals surface area (Å²) in [6, 6.07) is 17.5. The molecule has 1 heterocycles.